The summed E-state index contributed by atoms with van der Waals surface area (Å²) >= 11 is 3.54. The summed E-state index contributed by atoms with van der Waals surface area (Å²) in [5, 5.41) is 0. The second-order valence-electron chi connectivity index (χ2n) is 9.83. The minimum atomic E-state index is 0.0284. The molecule has 0 aromatic heterocycles. The summed E-state index contributed by atoms with van der Waals surface area (Å²) in [6, 6.07) is 17.7. The predicted molar refractivity (Wildman–Crippen MR) is 140 cm³/mol. The average molecular weight is 467 g/mol. The summed E-state index contributed by atoms with van der Waals surface area (Å²) in [5.74, 6) is 1.93. The van der Waals surface area contributed by atoms with Crippen molar-refractivity contribution in [1.29, 1.82) is 0 Å². The van der Waals surface area contributed by atoms with Crippen LogP contribution >= 0.6 is 23.5 Å². The number of rotatable bonds is 10. The zero-order valence-corrected chi connectivity index (χ0v) is 21.4. The maximum Gasteiger partial charge on any atom is 0.147 e. The van der Waals surface area contributed by atoms with Crippen molar-refractivity contribution in [3.63, 3.8) is 0 Å². The van der Waals surface area contributed by atoms with Crippen molar-refractivity contribution >= 4 is 29.3 Å². The Morgan fingerprint density at radius 1 is 0.688 bits per heavy atom. The number of carbonyl (C=O) groups excluding carboxylic acids is 1. The SMILES string of the molecule is CSc1ccc(C(CC2CCCC2)C(=O)C(CC2CCCC2)c2ccc(SC)cc2)cc1. The minimum absolute atomic E-state index is 0.0284. The van der Waals surface area contributed by atoms with Crippen molar-refractivity contribution in [3.05, 3.63) is 59.7 Å². The van der Waals surface area contributed by atoms with Gasteiger partial charge < -0.3 is 0 Å². The Hall–Kier alpha value is -1.19. The van der Waals surface area contributed by atoms with Gasteiger partial charge in [0, 0.05) is 21.6 Å². The first-order chi connectivity index (χ1) is 15.7. The topological polar surface area (TPSA) is 17.1 Å². The molecule has 32 heavy (non-hydrogen) atoms. The third kappa shape index (κ3) is 6.03. The normalized spacial score (nSPS) is 19.3. The van der Waals surface area contributed by atoms with Gasteiger partial charge in [-0.3, -0.25) is 4.79 Å². The van der Waals surface area contributed by atoms with Gasteiger partial charge in [-0.15, -0.1) is 23.5 Å². The molecule has 2 aromatic rings. The standard InChI is InChI=1S/C29H38OS2/c1-31-25-15-11-23(12-16-25)27(19-21-7-3-4-8-21)29(30)28(20-22-9-5-6-10-22)24-13-17-26(32-2)18-14-24/h11-18,21-22,27-28H,3-10,19-20H2,1-2H3. The Kier molecular flexibility index (Phi) is 8.82. The highest BCUT2D eigenvalue weighted by Crippen LogP contribution is 2.41. The van der Waals surface area contributed by atoms with Crippen molar-refractivity contribution in [2.24, 2.45) is 11.8 Å². The van der Waals surface area contributed by atoms with Crippen LogP contribution < -0.4 is 0 Å². The molecule has 2 fully saturated rings. The lowest BCUT2D eigenvalue weighted by Gasteiger charge is -2.27. The fourth-order valence-corrected chi connectivity index (χ4v) is 6.72. The van der Waals surface area contributed by atoms with Crippen LogP contribution in [-0.2, 0) is 4.79 Å². The molecule has 0 N–H and O–H groups in total. The zero-order chi connectivity index (χ0) is 22.3. The molecule has 2 unspecified atom stereocenters. The molecule has 0 bridgehead atoms. The zero-order valence-electron chi connectivity index (χ0n) is 19.7. The number of Topliss-reactive ketones (excluding diaryl/α,β-unsaturated/α-hetero) is 1. The molecule has 0 saturated heterocycles. The maximum atomic E-state index is 14.3. The molecule has 2 atom stereocenters. The molecule has 2 aromatic carbocycles. The average Bonchev–Trinajstić information content (AvgIpc) is 3.55. The van der Waals surface area contributed by atoms with Crippen LogP contribution in [-0.4, -0.2) is 18.3 Å². The Bertz CT molecular complexity index is 774. The highest BCUT2D eigenvalue weighted by molar-refractivity contribution is 7.98. The first kappa shape index (κ1) is 24.0. The predicted octanol–water partition coefficient (Wildman–Crippen LogP) is 8.73. The van der Waals surface area contributed by atoms with Crippen LogP contribution in [0.3, 0.4) is 0 Å². The van der Waals surface area contributed by atoms with Crippen molar-refractivity contribution in [3.8, 4) is 0 Å². The quantitative estimate of drug-likeness (QED) is 0.326. The van der Waals surface area contributed by atoms with Gasteiger partial charge in [-0.2, -0.15) is 0 Å². The number of ketones is 1. The van der Waals surface area contributed by atoms with Crippen LogP contribution in [0.15, 0.2) is 58.3 Å². The van der Waals surface area contributed by atoms with E-state index >= 15 is 0 Å². The van der Waals surface area contributed by atoms with E-state index in [0.29, 0.717) is 17.6 Å². The molecule has 172 valence electrons. The third-order valence-electron chi connectivity index (χ3n) is 7.81. The Balaban J connectivity index is 1.64. The monoisotopic (exact) mass is 466 g/mol. The van der Waals surface area contributed by atoms with E-state index in [1.165, 1.54) is 72.3 Å². The molecule has 0 radical (unpaired) electrons. The van der Waals surface area contributed by atoms with Crippen molar-refractivity contribution in [2.45, 2.75) is 85.8 Å². The van der Waals surface area contributed by atoms with E-state index in [1.54, 1.807) is 23.5 Å². The summed E-state index contributed by atoms with van der Waals surface area (Å²) in [7, 11) is 0. The molecule has 0 aliphatic heterocycles. The summed E-state index contributed by atoms with van der Waals surface area (Å²) in [5.41, 5.74) is 2.47. The molecule has 0 heterocycles. The van der Waals surface area contributed by atoms with Crippen LogP contribution in [0.4, 0.5) is 0 Å². The number of hydrogen-bond acceptors (Lipinski definition) is 3. The molecule has 3 heteroatoms. The lowest BCUT2D eigenvalue weighted by molar-refractivity contribution is -0.122. The van der Waals surface area contributed by atoms with Crippen LogP contribution in [0.5, 0.6) is 0 Å². The van der Waals surface area contributed by atoms with E-state index in [4.69, 9.17) is 0 Å². The van der Waals surface area contributed by atoms with Gasteiger partial charge in [-0.1, -0.05) is 75.6 Å². The number of carbonyl (C=O) groups is 1. The molecular formula is C29H38OS2. The fourth-order valence-electron chi connectivity index (χ4n) is 5.91. The van der Waals surface area contributed by atoms with Crippen molar-refractivity contribution in [2.75, 3.05) is 12.5 Å². The van der Waals surface area contributed by atoms with Crippen LogP contribution in [0, 0.1) is 11.8 Å². The third-order valence-corrected chi connectivity index (χ3v) is 9.30. The molecule has 0 amide bonds. The second kappa shape index (κ2) is 11.8. The van der Waals surface area contributed by atoms with Gasteiger partial charge in [0.15, 0.2) is 0 Å². The highest BCUT2D eigenvalue weighted by Gasteiger charge is 2.34. The molecule has 2 aliphatic rings. The van der Waals surface area contributed by atoms with Gasteiger partial charge >= 0.3 is 0 Å². The van der Waals surface area contributed by atoms with Gasteiger partial charge in [-0.05, 0) is 72.6 Å². The largest absolute Gasteiger partial charge is 0.298 e. The fraction of sp³-hybridized carbons (Fsp3) is 0.552. The molecular weight excluding hydrogens is 428 g/mol. The lowest BCUT2D eigenvalue weighted by Crippen LogP contribution is -2.24. The van der Waals surface area contributed by atoms with Crippen LogP contribution in [0.1, 0.15) is 87.2 Å². The molecule has 4 rings (SSSR count). The van der Waals surface area contributed by atoms with Gasteiger partial charge in [0.25, 0.3) is 0 Å². The van der Waals surface area contributed by atoms with E-state index in [9.17, 15) is 4.79 Å². The van der Waals surface area contributed by atoms with E-state index < -0.39 is 0 Å². The van der Waals surface area contributed by atoms with Gasteiger partial charge in [-0.25, -0.2) is 0 Å². The maximum absolute atomic E-state index is 14.3. The summed E-state index contributed by atoms with van der Waals surface area (Å²) in [6.07, 6.45) is 16.8. The summed E-state index contributed by atoms with van der Waals surface area (Å²) in [6.45, 7) is 0. The van der Waals surface area contributed by atoms with E-state index in [0.717, 1.165) is 12.8 Å². The molecule has 2 saturated carbocycles. The van der Waals surface area contributed by atoms with Crippen LogP contribution in [0.2, 0.25) is 0 Å². The number of thioether (sulfide) groups is 2. The van der Waals surface area contributed by atoms with Gasteiger partial charge in [0.05, 0.1) is 0 Å². The summed E-state index contributed by atoms with van der Waals surface area (Å²) in [4.78, 5) is 16.9. The van der Waals surface area contributed by atoms with Crippen molar-refractivity contribution in [1.82, 2.24) is 0 Å². The Morgan fingerprint density at radius 2 is 1.03 bits per heavy atom. The number of hydrogen-bond donors (Lipinski definition) is 0. The van der Waals surface area contributed by atoms with Gasteiger partial charge in [0.1, 0.15) is 5.78 Å². The van der Waals surface area contributed by atoms with Crippen LogP contribution in [0.25, 0.3) is 0 Å². The first-order valence-electron chi connectivity index (χ1n) is 12.5. The Labute approximate surface area is 203 Å². The first-order valence-corrected chi connectivity index (χ1v) is 14.9. The smallest absolute Gasteiger partial charge is 0.147 e. The highest BCUT2D eigenvalue weighted by atomic mass is 32.2. The van der Waals surface area contributed by atoms with E-state index in [-0.39, 0.29) is 11.8 Å². The lowest BCUT2D eigenvalue weighted by atomic mass is 9.75. The van der Waals surface area contributed by atoms with E-state index in [2.05, 4.69) is 61.0 Å². The molecule has 0 spiro atoms. The molecule has 2 aliphatic carbocycles. The van der Waals surface area contributed by atoms with Gasteiger partial charge in [0.2, 0.25) is 0 Å². The number of benzene rings is 2. The Morgan fingerprint density at radius 3 is 1.34 bits per heavy atom. The van der Waals surface area contributed by atoms with Crippen molar-refractivity contribution < 1.29 is 4.79 Å². The summed E-state index contributed by atoms with van der Waals surface area (Å²) < 4.78 is 0. The second-order valence-corrected chi connectivity index (χ2v) is 11.6. The minimum Gasteiger partial charge on any atom is -0.298 e. The molecule has 1 nitrogen and oxygen atoms in total. The van der Waals surface area contributed by atoms with E-state index in [1.807, 2.05) is 0 Å².